The second-order valence-electron chi connectivity index (χ2n) is 4.63. The van der Waals surface area contributed by atoms with Crippen LogP contribution >= 0.6 is 11.6 Å². The van der Waals surface area contributed by atoms with Gasteiger partial charge in [0.1, 0.15) is 0 Å². The zero-order valence-corrected chi connectivity index (χ0v) is 11.9. The molecule has 0 saturated carbocycles. The number of piperazine rings is 1. The number of nitrogens with zero attached hydrogens (tertiary/aromatic N) is 3. The van der Waals surface area contributed by atoms with E-state index in [-0.39, 0.29) is 37.9 Å². The lowest BCUT2D eigenvalue weighted by Gasteiger charge is -2.34. The Morgan fingerprint density at radius 3 is 2.55 bits per heavy atom. The number of aryl methyl sites for hydroxylation is 1. The molecule has 0 N–H and O–H groups in total. The predicted molar refractivity (Wildman–Crippen MR) is 75.4 cm³/mol. The van der Waals surface area contributed by atoms with Crippen LogP contribution in [0.4, 0.5) is 5.69 Å². The third-order valence-corrected chi connectivity index (χ3v) is 3.45. The van der Waals surface area contributed by atoms with Crippen LogP contribution in [0.15, 0.2) is 18.2 Å². The second kappa shape index (κ2) is 5.93. The number of benzene rings is 1. The van der Waals surface area contributed by atoms with Gasteiger partial charge in [0.25, 0.3) is 0 Å². The highest BCUT2D eigenvalue weighted by Crippen LogP contribution is 2.25. The first-order chi connectivity index (χ1) is 9.52. The molecule has 0 aromatic heterocycles. The summed E-state index contributed by atoms with van der Waals surface area (Å²) >= 11 is 5.96. The van der Waals surface area contributed by atoms with Crippen molar-refractivity contribution >= 4 is 29.1 Å². The van der Waals surface area contributed by atoms with Crippen LogP contribution in [-0.2, 0) is 9.59 Å². The average molecular weight is 292 g/mol. The summed E-state index contributed by atoms with van der Waals surface area (Å²) in [6.45, 7) is 2.32. The van der Waals surface area contributed by atoms with Gasteiger partial charge in [-0.15, -0.1) is 0 Å². The fraction of sp³-hybridized carbons (Fsp3) is 0.357. The lowest BCUT2D eigenvalue weighted by molar-refractivity contribution is -0.145. The molecular formula is C14H14ClN3O2. The number of carbonyl (C=O) groups is 2. The van der Waals surface area contributed by atoms with E-state index < -0.39 is 0 Å². The van der Waals surface area contributed by atoms with E-state index in [0.717, 1.165) is 16.2 Å². The van der Waals surface area contributed by atoms with Gasteiger partial charge in [-0.3, -0.25) is 14.5 Å². The Morgan fingerprint density at radius 2 is 1.95 bits per heavy atom. The largest absolute Gasteiger partial charge is 0.353 e. The maximum absolute atomic E-state index is 12.0. The summed E-state index contributed by atoms with van der Waals surface area (Å²) < 4.78 is 0. The number of nitriles is 1. The van der Waals surface area contributed by atoms with Crippen molar-refractivity contribution in [2.75, 3.05) is 24.5 Å². The number of hydrogen-bond donors (Lipinski definition) is 0. The zero-order chi connectivity index (χ0) is 14.7. The summed E-state index contributed by atoms with van der Waals surface area (Å²) in [5.74, 6) is -0.563. The highest BCUT2D eigenvalue weighted by molar-refractivity contribution is 6.30. The van der Waals surface area contributed by atoms with Crippen LogP contribution in [0.1, 0.15) is 12.0 Å². The van der Waals surface area contributed by atoms with Gasteiger partial charge in [0.05, 0.1) is 25.6 Å². The molecule has 2 amide bonds. The van der Waals surface area contributed by atoms with Gasteiger partial charge in [0.15, 0.2) is 0 Å². The standard InChI is InChI=1S/C14H14ClN3O2/c1-10-3-4-11(15)7-12(10)17-8-13(19)18(6-2-5-16)14(20)9-17/h3-4,7H,2,6,8-9H2,1H3. The lowest BCUT2D eigenvalue weighted by atomic mass is 10.1. The van der Waals surface area contributed by atoms with E-state index in [1.165, 1.54) is 0 Å². The average Bonchev–Trinajstić information content (AvgIpc) is 2.40. The van der Waals surface area contributed by atoms with Crippen LogP contribution in [-0.4, -0.2) is 36.3 Å². The van der Waals surface area contributed by atoms with E-state index in [2.05, 4.69) is 0 Å². The van der Waals surface area contributed by atoms with Crippen molar-refractivity contribution in [2.24, 2.45) is 0 Å². The minimum Gasteiger partial charge on any atom is -0.353 e. The van der Waals surface area contributed by atoms with Gasteiger partial charge < -0.3 is 4.90 Å². The zero-order valence-electron chi connectivity index (χ0n) is 11.1. The van der Waals surface area contributed by atoms with Crippen molar-refractivity contribution in [1.82, 2.24) is 4.90 Å². The van der Waals surface area contributed by atoms with Gasteiger partial charge in [-0.25, -0.2) is 0 Å². The van der Waals surface area contributed by atoms with E-state index in [4.69, 9.17) is 16.9 Å². The molecule has 20 heavy (non-hydrogen) atoms. The van der Waals surface area contributed by atoms with Crippen LogP contribution < -0.4 is 4.90 Å². The van der Waals surface area contributed by atoms with Crippen LogP contribution in [0.3, 0.4) is 0 Å². The number of halogens is 1. The van der Waals surface area contributed by atoms with Crippen LogP contribution in [0.2, 0.25) is 5.02 Å². The van der Waals surface area contributed by atoms with Gasteiger partial charge in [-0.2, -0.15) is 5.26 Å². The molecule has 1 saturated heterocycles. The van der Waals surface area contributed by atoms with Crippen LogP contribution in [0, 0.1) is 18.3 Å². The van der Waals surface area contributed by atoms with Crippen molar-refractivity contribution < 1.29 is 9.59 Å². The van der Waals surface area contributed by atoms with Gasteiger partial charge in [0.2, 0.25) is 11.8 Å². The number of imide groups is 1. The Hall–Kier alpha value is -2.06. The Morgan fingerprint density at radius 1 is 1.30 bits per heavy atom. The molecule has 1 aromatic carbocycles. The molecule has 1 aliphatic rings. The van der Waals surface area contributed by atoms with E-state index in [1.807, 2.05) is 19.1 Å². The minimum atomic E-state index is -0.282. The summed E-state index contributed by atoms with van der Waals surface area (Å²) in [6, 6.07) is 7.32. The molecule has 0 bridgehead atoms. The SMILES string of the molecule is Cc1ccc(Cl)cc1N1CC(=O)N(CCC#N)C(=O)C1. The second-order valence-corrected chi connectivity index (χ2v) is 5.07. The van der Waals surface area contributed by atoms with E-state index >= 15 is 0 Å². The number of hydrogen-bond acceptors (Lipinski definition) is 4. The van der Waals surface area contributed by atoms with E-state index in [1.54, 1.807) is 17.0 Å². The maximum Gasteiger partial charge on any atom is 0.248 e. The smallest absolute Gasteiger partial charge is 0.248 e. The van der Waals surface area contributed by atoms with Gasteiger partial charge >= 0.3 is 0 Å². The topological polar surface area (TPSA) is 64.4 Å². The van der Waals surface area contributed by atoms with Gasteiger partial charge in [0, 0.05) is 17.3 Å². The first kappa shape index (κ1) is 14.4. The van der Waals surface area contributed by atoms with Gasteiger partial charge in [-0.1, -0.05) is 17.7 Å². The molecule has 1 aromatic rings. The lowest BCUT2D eigenvalue weighted by Crippen LogP contribution is -2.54. The monoisotopic (exact) mass is 291 g/mol. The predicted octanol–water partition coefficient (Wildman–Crippen LogP) is 1.74. The Kier molecular flexibility index (Phi) is 4.26. The summed E-state index contributed by atoms with van der Waals surface area (Å²) in [6.07, 6.45) is 0.160. The Bertz CT molecular complexity index is 577. The molecule has 1 fully saturated rings. The molecule has 0 aliphatic carbocycles. The fourth-order valence-corrected chi connectivity index (χ4v) is 2.36. The minimum absolute atomic E-state index is 0.123. The highest BCUT2D eigenvalue weighted by atomic mass is 35.5. The maximum atomic E-state index is 12.0. The first-order valence-corrected chi connectivity index (χ1v) is 6.62. The molecule has 0 radical (unpaired) electrons. The summed E-state index contributed by atoms with van der Waals surface area (Å²) in [5.41, 5.74) is 1.75. The Labute approximate surface area is 122 Å². The van der Waals surface area contributed by atoms with Crippen molar-refractivity contribution in [3.8, 4) is 6.07 Å². The summed E-state index contributed by atoms with van der Waals surface area (Å²) in [7, 11) is 0. The normalized spacial score (nSPS) is 15.4. The quantitative estimate of drug-likeness (QED) is 0.796. The van der Waals surface area contributed by atoms with Crippen LogP contribution in [0.5, 0.6) is 0 Å². The molecule has 0 unspecified atom stereocenters. The highest BCUT2D eigenvalue weighted by Gasteiger charge is 2.31. The molecular weight excluding hydrogens is 278 g/mol. The molecule has 5 nitrogen and oxygen atoms in total. The molecule has 1 heterocycles. The van der Waals surface area contributed by atoms with Gasteiger partial charge in [-0.05, 0) is 24.6 Å². The number of rotatable bonds is 3. The van der Waals surface area contributed by atoms with Crippen LogP contribution in [0.25, 0.3) is 0 Å². The van der Waals surface area contributed by atoms with Crippen molar-refractivity contribution in [2.45, 2.75) is 13.3 Å². The molecule has 0 atom stereocenters. The third-order valence-electron chi connectivity index (χ3n) is 3.21. The van der Waals surface area contributed by atoms with E-state index in [0.29, 0.717) is 5.02 Å². The fourth-order valence-electron chi connectivity index (χ4n) is 2.20. The molecule has 2 rings (SSSR count). The molecule has 6 heteroatoms. The third kappa shape index (κ3) is 2.91. The first-order valence-electron chi connectivity index (χ1n) is 6.24. The molecule has 104 valence electrons. The van der Waals surface area contributed by atoms with Crippen molar-refractivity contribution in [3.63, 3.8) is 0 Å². The summed E-state index contributed by atoms with van der Waals surface area (Å²) in [4.78, 5) is 26.9. The summed E-state index contributed by atoms with van der Waals surface area (Å²) in [5, 5.41) is 9.11. The van der Waals surface area contributed by atoms with E-state index in [9.17, 15) is 9.59 Å². The van der Waals surface area contributed by atoms with Crippen molar-refractivity contribution in [1.29, 1.82) is 5.26 Å². The molecule has 0 spiro atoms. The molecule has 1 aliphatic heterocycles. The Balaban J connectivity index is 2.18. The van der Waals surface area contributed by atoms with Crippen molar-refractivity contribution in [3.05, 3.63) is 28.8 Å². The number of anilines is 1. The number of amides is 2. The number of carbonyl (C=O) groups excluding carboxylic acids is 2.